The maximum Gasteiger partial charge on any atom is 0.311 e. The van der Waals surface area contributed by atoms with Crippen LogP contribution in [0.5, 0.6) is 0 Å². The van der Waals surface area contributed by atoms with Gasteiger partial charge >= 0.3 is 5.97 Å². The summed E-state index contributed by atoms with van der Waals surface area (Å²) >= 11 is 1.57. The molecular weight excluding hydrogens is 212 g/mol. The van der Waals surface area contributed by atoms with E-state index >= 15 is 0 Å². The van der Waals surface area contributed by atoms with Crippen LogP contribution in [-0.2, 0) is 16.0 Å². The number of esters is 1. The van der Waals surface area contributed by atoms with Crippen molar-refractivity contribution < 1.29 is 9.53 Å². The fraction of sp³-hybridized carbons (Fsp3) is 0.600. The third-order valence-electron chi connectivity index (χ3n) is 2.13. The summed E-state index contributed by atoms with van der Waals surface area (Å²) in [5.41, 5.74) is 0.786. The highest BCUT2D eigenvalue weighted by Crippen LogP contribution is 2.20. The fourth-order valence-electron chi connectivity index (χ4n) is 1.24. The van der Waals surface area contributed by atoms with Crippen LogP contribution in [0.4, 0.5) is 5.13 Å². The van der Waals surface area contributed by atoms with Crippen molar-refractivity contribution in [3.63, 3.8) is 0 Å². The van der Waals surface area contributed by atoms with E-state index in [4.69, 9.17) is 0 Å². The second kappa shape index (κ2) is 5.70. The van der Waals surface area contributed by atoms with Crippen LogP contribution in [0.2, 0.25) is 0 Å². The van der Waals surface area contributed by atoms with Gasteiger partial charge in [-0.25, -0.2) is 4.98 Å². The molecule has 0 unspecified atom stereocenters. The van der Waals surface area contributed by atoms with Gasteiger partial charge in [-0.05, 0) is 13.8 Å². The maximum atomic E-state index is 11.0. The molecule has 1 rings (SSSR count). The molecule has 1 aromatic rings. The second-order valence-electron chi connectivity index (χ2n) is 3.05. The van der Waals surface area contributed by atoms with Crippen molar-refractivity contribution in [2.24, 2.45) is 0 Å². The molecule has 0 aliphatic carbocycles. The van der Waals surface area contributed by atoms with Gasteiger partial charge in [0.1, 0.15) is 0 Å². The highest BCUT2D eigenvalue weighted by atomic mass is 32.1. The van der Waals surface area contributed by atoms with E-state index in [-0.39, 0.29) is 12.4 Å². The molecule has 0 atom stereocenters. The van der Waals surface area contributed by atoms with Gasteiger partial charge in [0, 0.05) is 18.5 Å². The number of aromatic nitrogens is 1. The summed E-state index contributed by atoms with van der Waals surface area (Å²) in [5, 5.41) is 2.88. The number of hydrogen-bond acceptors (Lipinski definition) is 5. The quantitative estimate of drug-likeness (QED) is 0.719. The lowest BCUT2D eigenvalue weighted by Crippen LogP contribution is -2.21. The van der Waals surface area contributed by atoms with Crippen LogP contribution in [0.25, 0.3) is 0 Å². The monoisotopic (exact) mass is 228 g/mol. The zero-order valence-electron chi connectivity index (χ0n) is 9.32. The first-order valence-electron chi connectivity index (χ1n) is 4.97. The molecule has 1 heterocycles. The van der Waals surface area contributed by atoms with Crippen LogP contribution in [0.15, 0.2) is 5.38 Å². The van der Waals surface area contributed by atoms with E-state index in [0.29, 0.717) is 0 Å². The Morgan fingerprint density at radius 2 is 2.20 bits per heavy atom. The predicted molar refractivity (Wildman–Crippen MR) is 61.4 cm³/mol. The van der Waals surface area contributed by atoms with E-state index in [1.54, 1.807) is 11.3 Å². The smallest absolute Gasteiger partial charge is 0.311 e. The first kappa shape index (κ1) is 12.0. The molecule has 4 nitrogen and oxygen atoms in total. The van der Waals surface area contributed by atoms with E-state index in [9.17, 15) is 4.79 Å². The molecule has 0 bridgehead atoms. The minimum absolute atomic E-state index is 0.244. The molecule has 1 aromatic heterocycles. The average molecular weight is 228 g/mol. The lowest BCUT2D eigenvalue weighted by atomic mass is 10.3. The minimum atomic E-state index is -0.244. The Kier molecular flexibility index (Phi) is 4.55. The maximum absolute atomic E-state index is 11.0. The molecule has 0 amide bonds. The Bertz CT molecular complexity index is 321. The summed E-state index contributed by atoms with van der Waals surface area (Å²) in [6, 6.07) is 0. The van der Waals surface area contributed by atoms with Crippen LogP contribution >= 0.6 is 11.3 Å². The topological polar surface area (TPSA) is 42.4 Å². The van der Waals surface area contributed by atoms with Crippen LogP contribution in [-0.4, -0.2) is 31.2 Å². The molecule has 0 saturated heterocycles. The zero-order valence-corrected chi connectivity index (χ0v) is 10.1. The number of carbonyl (C=O) groups is 1. The van der Waals surface area contributed by atoms with Crippen molar-refractivity contribution in [2.75, 3.05) is 25.1 Å². The van der Waals surface area contributed by atoms with Gasteiger partial charge in [0.15, 0.2) is 5.13 Å². The first-order valence-corrected chi connectivity index (χ1v) is 5.85. The highest BCUT2D eigenvalue weighted by Gasteiger charge is 2.10. The molecule has 0 aromatic carbocycles. The van der Waals surface area contributed by atoms with Crippen LogP contribution in [0.1, 0.15) is 19.5 Å². The van der Waals surface area contributed by atoms with Gasteiger partial charge in [0.25, 0.3) is 0 Å². The van der Waals surface area contributed by atoms with Crippen molar-refractivity contribution in [3.05, 3.63) is 11.1 Å². The predicted octanol–water partition coefficient (Wildman–Crippen LogP) is 1.70. The van der Waals surface area contributed by atoms with E-state index < -0.39 is 0 Å². The average Bonchev–Trinajstić information content (AvgIpc) is 2.68. The molecular formula is C10H16N2O2S. The normalized spacial score (nSPS) is 10.1. The van der Waals surface area contributed by atoms with Crippen molar-refractivity contribution >= 4 is 22.4 Å². The van der Waals surface area contributed by atoms with Gasteiger partial charge < -0.3 is 9.64 Å². The summed E-state index contributed by atoms with van der Waals surface area (Å²) in [6.07, 6.45) is 0.258. The number of hydrogen-bond donors (Lipinski definition) is 0. The molecule has 0 N–H and O–H groups in total. The number of nitrogens with zero attached hydrogens (tertiary/aromatic N) is 2. The third-order valence-corrected chi connectivity index (χ3v) is 3.08. The molecule has 15 heavy (non-hydrogen) atoms. The molecule has 0 fully saturated rings. The van der Waals surface area contributed by atoms with Gasteiger partial charge in [-0.3, -0.25) is 4.79 Å². The summed E-state index contributed by atoms with van der Waals surface area (Å²) in [6.45, 7) is 6.04. The lowest BCUT2D eigenvalue weighted by Gasteiger charge is -2.16. The van der Waals surface area contributed by atoms with Gasteiger partial charge in [-0.1, -0.05) is 0 Å². The zero-order chi connectivity index (χ0) is 11.3. The Morgan fingerprint density at radius 3 is 2.73 bits per heavy atom. The van der Waals surface area contributed by atoms with Gasteiger partial charge in [0.2, 0.25) is 0 Å². The Morgan fingerprint density at radius 1 is 1.53 bits per heavy atom. The van der Waals surface area contributed by atoms with Crippen LogP contribution in [0, 0.1) is 0 Å². The summed E-state index contributed by atoms with van der Waals surface area (Å²) in [5.74, 6) is -0.244. The molecule has 84 valence electrons. The molecule has 0 saturated carbocycles. The van der Waals surface area contributed by atoms with Crippen molar-refractivity contribution in [1.82, 2.24) is 4.98 Å². The third kappa shape index (κ3) is 3.20. The largest absolute Gasteiger partial charge is 0.469 e. The van der Waals surface area contributed by atoms with Crippen molar-refractivity contribution in [2.45, 2.75) is 20.3 Å². The number of rotatable bonds is 5. The lowest BCUT2D eigenvalue weighted by molar-refractivity contribution is -0.139. The SMILES string of the molecule is CCN(CC)c1nc(CC(=O)OC)cs1. The molecule has 5 heteroatoms. The van der Waals surface area contributed by atoms with E-state index in [0.717, 1.165) is 23.9 Å². The fourth-order valence-corrected chi connectivity index (χ4v) is 2.19. The highest BCUT2D eigenvalue weighted by molar-refractivity contribution is 7.13. The van der Waals surface area contributed by atoms with Crippen LogP contribution < -0.4 is 4.90 Å². The summed E-state index contributed by atoms with van der Waals surface area (Å²) in [7, 11) is 1.39. The summed E-state index contributed by atoms with van der Waals surface area (Å²) < 4.78 is 4.59. The molecule has 0 aliphatic rings. The van der Waals surface area contributed by atoms with Crippen LogP contribution in [0.3, 0.4) is 0 Å². The van der Waals surface area contributed by atoms with Gasteiger partial charge in [0.05, 0.1) is 19.2 Å². The number of anilines is 1. The van der Waals surface area contributed by atoms with Gasteiger partial charge in [-0.15, -0.1) is 11.3 Å². The number of methoxy groups -OCH3 is 1. The first-order chi connectivity index (χ1) is 7.21. The van der Waals surface area contributed by atoms with E-state index in [2.05, 4.69) is 28.5 Å². The van der Waals surface area contributed by atoms with E-state index in [1.807, 2.05) is 5.38 Å². The standard InChI is InChI=1S/C10H16N2O2S/c1-4-12(5-2)10-11-8(7-15-10)6-9(13)14-3/h7H,4-6H2,1-3H3. The second-order valence-corrected chi connectivity index (χ2v) is 3.88. The molecule has 0 radical (unpaired) electrons. The number of carbonyl (C=O) groups excluding carboxylic acids is 1. The van der Waals surface area contributed by atoms with Crippen molar-refractivity contribution in [3.8, 4) is 0 Å². The van der Waals surface area contributed by atoms with Crippen molar-refractivity contribution in [1.29, 1.82) is 0 Å². The van der Waals surface area contributed by atoms with Gasteiger partial charge in [-0.2, -0.15) is 0 Å². The van der Waals surface area contributed by atoms with E-state index in [1.165, 1.54) is 7.11 Å². The Hall–Kier alpha value is -1.10. The Labute approximate surface area is 93.9 Å². The Balaban J connectivity index is 2.67. The molecule has 0 aliphatic heterocycles. The summed E-state index contributed by atoms with van der Waals surface area (Å²) in [4.78, 5) is 17.6. The minimum Gasteiger partial charge on any atom is -0.469 e. The molecule has 0 spiro atoms. The number of ether oxygens (including phenoxy) is 1. The number of thiazole rings is 1.